The molecule has 0 aliphatic carbocycles. The van der Waals surface area contributed by atoms with E-state index in [0.717, 1.165) is 36.8 Å². The maximum atomic E-state index is 14.1. The van der Waals surface area contributed by atoms with Crippen molar-refractivity contribution in [2.75, 3.05) is 6.61 Å². The zero-order valence-corrected chi connectivity index (χ0v) is 13.9. The molecule has 0 N–H and O–H groups in total. The number of halogens is 3. The van der Waals surface area contributed by atoms with Gasteiger partial charge in [-0.15, -0.1) is 0 Å². The molecule has 0 unspecified atom stereocenters. The Bertz CT molecular complexity index is 606. The molecule has 2 rings (SSSR count). The molecule has 1 nitrogen and oxygen atoms in total. The van der Waals surface area contributed by atoms with Gasteiger partial charge in [0.25, 0.3) is 0 Å². The van der Waals surface area contributed by atoms with Gasteiger partial charge in [-0.2, -0.15) is 8.78 Å². The Labute approximate surface area is 141 Å². The molecule has 0 fully saturated rings. The lowest BCUT2D eigenvalue weighted by atomic mass is 10.1. The van der Waals surface area contributed by atoms with Crippen molar-refractivity contribution in [2.24, 2.45) is 0 Å². The summed E-state index contributed by atoms with van der Waals surface area (Å²) in [5.41, 5.74) is 1.69. The summed E-state index contributed by atoms with van der Waals surface area (Å²) in [7, 11) is 0. The minimum atomic E-state index is -3.32. The maximum absolute atomic E-state index is 14.1. The fraction of sp³-hybridized carbons (Fsp3) is 0.400. The molecule has 0 amide bonds. The first-order valence-corrected chi connectivity index (χ1v) is 8.37. The fourth-order valence-electron chi connectivity index (χ4n) is 2.48. The molecular weight excluding hydrogens is 313 g/mol. The Morgan fingerprint density at radius 3 is 2.04 bits per heavy atom. The molecular formula is C20H23F3O. The monoisotopic (exact) mass is 336 g/mol. The highest BCUT2D eigenvalue weighted by atomic mass is 19.3. The van der Waals surface area contributed by atoms with Crippen molar-refractivity contribution in [2.45, 2.75) is 45.1 Å². The smallest absolute Gasteiger partial charge is 0.316 e. The highest BCUT2D eigenvalue weighted by molar-refractivity contribution is 5.25. The Hall–Kier alpha value is -1.81. The van der Waals surface area contributed by atoms with Crippen LogP contribution >= 0.6 is 0 Å². The Kier molecular flexibility index (Phi) is 6.85. The number of ether oxygens (including phenoxy) is 1. The SMILES string of the molecule is CCCCCc1ccc(C(F)(F)OCCc2ccc(F)cc2)cc1. The number of alkyl halides is 2. The van der Waals surface area contributed by atoms with E-state index in [9.17, 15) is 13.2 Å². The van der Waals surface area contributed by atoms with Crippen LogP contribution in [-0.4, -0.2) is 6.61 Å². The summed E-state index contributed by atoms with van der Waals surface area (Å²) in [6.45, 7) is 2.00. The first kappa shape index (κ1) is 18.5. The number of hydrogen-bond donors (Lipinski definition) is 0. The van der Waals surface area contributed by atoms with Crippen LogP contribution < -0.4 is 0 Å². The number of unbranched alkanes of at least 4 members (excludes halogenated alkanes) is 2. The minimum absolute atomic E-state index is 0.128. The molecule has 2 aromatic carbocycles. The van der Waals surface area contributed by atoms with Gasteiger partial charge in [0.05, 0.1) is 12.2 Å². The van der Waals surface area contributed by atoms with E-state index >= 15 is 0 Å². The van der Waals surface area contributed by atoms with Crippen LogP contribution in [-0.2, 0) is 23.7 Å². The molecule has 2 aromatic rings. The lowest BCUT2D eigenvalue weighted by Crippen LogP contribution is -2.19. The highest BCUT2D eigenvalue weighted by Gasteiger charge is 2.32. The van der Waals surface area contributed by atoms with Crippen LogP contribution in [0.15, 0.2) is 48.5 Å². The van der Waals surface area contributed by atoms with Crippen LogP contribution in [0, 0.1) is 5.82 Å². The molecule has 0 radical (unpaired) electrons. The van der Waals surface area contributed by atoms with E-state index < -0.39 is 6.11 Å². The van der Waals surface area contributed by atoms with Gasteiger partial charge in [0.2, 0.25) is 0 Å². The molecule has 0 saturated heterocycles. The summed E-state index contributed by atoms with van der Waals surface area (Å²) in [6.07, 6.45) is 1.25. The van der Waals surface area contributed by atoms with Gasteiger partial charge >= 0.3 is 6.11 Å². The molecule has 4 heteroatoms. The van der Waals surface area contributed by atoms with E-state index in [1.165, 1.54) is 24.3 Å². The summed E-state index contributed by atoms with van der Waals surface area (Å²) < 4.78 is 45.7. The molecule has 130 valence electrons. The Balaban J connectivity index is 1.85. The van der Waals surface area contributed by atoms with Crippen molar-refractivity contribution >= 4 is 0 Å². The molecule has 0 saturated carbocycles. The van der Waals surface area contributed by atoms with Gasteiger partial charge in [-0.25, -0.2) is 4.39 Å². The van der Waals surface area contributed by atoms with Crippen LogP contribution in [0.4, 0.5) is 13.2 Å². The average Bonchev–Trinajstić information content (AvgIpc) is 2.57. The highest BCUT2D eigenvalue weighted by Crippen LogP contribution is 2.29. The second-order valence-corrected chi connectivity index (χ2v) is 5.90. The van der Waals surface area contributed by atoms with Crippen LogP contribution in [0.2, 0.25) is 0 Å². The van der Waals surface area contributed by atoms with Crippen LogP contribution in [0.1, 0.15) is 42.9 Å². The summed E-state index contributed by atoms with van der Waals surface area (Å²) >= 11 is 0. The van der Waals surface area contributed by atoms with Gasteiger partial charge in [0.15, 0.2) is 0 Å². The number of benzene rings is 2. The van der Waals surface area contributed by atoms with Crippen molar-refractivity contribution < 1.29 is 17.9 Å². The third-order valence-corrected chi connectivity index (χ3v) is 3.95. The molecule has 0 heterocycles. The number of rotatable bonds is 9. The predicted molar refractivity (Wildman–Crippen MR) is 89.6 cm³/mol. The van der Waals surface area contributed by atoms with Gasteiger partial charge in [0, 0.05) is 0 Å². The van der Waals surface area contributed by atoms with Crippen molar-refractivity contribution in [3.63, 3.8) is 0 Å². The van der Waals surface area contributed by atoms with Crippen molar-refractivity contribution in [3.8, 4) is 0 Å². The molecule has 0 aliphatic heterocycles. The van der Waals surface area contributed by atoms with Crippen LogP contribution in [0.25, 0.3) is 0 Å². The van der Waals surface area contributed by atoms with E-state index in [2.05, 4.69) is 6.92 Å². The Morgan fingerprint density at radius 2 is 1.42 bits per heavy atom. The molecule has 0 bridgehead atoms. The van der Waals surface area contributed by atoms with Crippen LogP contribution in [0.3, 0.4) is 0 Å². The van der Waals surface area contributed by atoms with Crippen molar-refractivity contribution in [3.05, 3.63) is 71.0 Å². The molecule has 0 spiro atoms. The molecule has 0 aliphatic rings. The standard InChI is InChI=1S/C20H23F3O/c1-2-3-4-5-16-6-10-18(11-7-16)20(22,23)24-15-14-17-8-12-19(21)13-9-17/h6-13H,2-5,14-15H2,1H3. The average molecular weight is 336 g/mol. The van der Waals surface area contributed by atoms with E-state index in [0.29, 0.717) is 6.42 Å². The summed E-state index contributed by atoms with van der Waals surface area (Å²) in [4.78, 5) is 0. The normalized spacial score (nSPS) is 11.7. The van der Waals surface area contributed by atoms with E-state index in [1.54, 1.807) is 24.3 Å². The zero-order valence-electron chi connectivity index (χ0n) is 13.9. The van der Waals surface area contributed by atoms with Gasteiger partial charge in [-0.3, -0.25) is 0 Å². The molecule has 0 aromatic heterocycles. The summed E-state index contributed by atoms with van der Waals surface area (Å²) in [6, 6.07) is 12.1. The van der Waals surface area contributed by atoms with E-state index in [-0.39, 0.29) is 18.0 Å². The predicted octanol–water partition coefficient (Wildman–Crippen LogP) is 5.87. The van der Waals surface area contributed by atoms with Crippen molar-refractivity contribution in [1.29, 1.82) is 0 Å². The number of hydrogen-bond acceptors (Lipinski definition) is 1. The summed E-state index contributed by atoms with van der Waals surface area (Å²) in [5.74, 6) is -0.343. The number of aryl methyl sites for hydroxylation is 1. The quantitative estimate of drug-likeness (QED) is 0.521. The molecule has 24 heavy (non-hydrogen) atoms. The summed E-state index contributed by atoms with van der Waals surface area (Å²) in [5, 5.41) is 0. The zero-order chi connectivity index (χ0) is 17.4. The minimum Gasteiger partial charge on any atom is -0.316 e. The van der Waals surface area contributed by atoms with Crippen LogP contribution in [0.5, 0.6) is 0 Å². The first-order valence-electron chi connectivity index (χ1n) is 8.37. The fourth-order valence-corrected chi connectivity index (χ4v) is 2.48. The second-order valence-electron chi connectivity index (χ2n) is 5.90. The Morgan fingerprint density at radius 1 is 0.833 bits per heavy atom. The van der Waals surface area contributed by atoms with Gasteiger partial charge in [0.1, 0.15) is 5.82 Å². The second kappa shape index (κ2) is 8.88. The first-order chi connectivity index (χ1) is 11.5. The van der Waals surface area contributed by atoms with Gasteiger partial charge < -0.3 is 4.74 Å². The van der Waals surface area contributed by atoms with E-state index in [1.807, 2.05) is 0 Å². The third kappa shape index (κ3) is 5.68. The third-order valence-electron chi connectivity index (χ3n) is 3.95. The maximum Gasteiger partial charge on any atom is 0.383 e. The van der Waals surface area contributed by atoms with Gasteiger partial charge in [-0.1, -0.05) is 56.2 Å². The molecule has 0 atom stereocenters. The van der Waals surface area contributed by atoms with Gasteiger partial charge in [-0.05, 0) is 42.5 Å². The topological polar surface area (TPSA) is 9.23 Å². The largest absolute Gasteiger partial charge is 0.383 e. The lowest BCUT2D eigenvalue weighted by Gasteiger charge is -2.17. The van der Waals surface area contributed by atoms with E-state index in [4.69, 9.17) is 4.74 Å². The lowest BCUT2D eigenvalue weighted by molar-refractivity contribution is -0.248. The van der Waals surface area contributed by atoms with Crippen molar-refractivity contribution in [1.82, 2.24) is 0 Å².